The molecule has 7 heteroatoms. The van der Waals surface area contributed by atoms with Crippen molar-refractivity contribution in [1.82, 2.24) is 24.7 Å². The first-order chi connectivity index (χ1) is 11.5. The minimum atomic E-state index is -0.121. The Morgan fingerprint density at radius 2 is 2.17 bits per heavy atom. The molecule has 1 aliphatic rings. The van der Waals surface area contributed by atoms with Gasteiger partial charge in [-0.2, -0.15) is 5.10 Å². The number of aryl methyl sites for hydroxylation is 1. The maximum atomic E-state index is 11.8. The molecule has 0 saturated carbocycles. The molecule has 0 unspecified atom stereocenters. The van der Waals surface area contributed by atoms with Crippen molar-refractivity contribution in [2.45, 2.75) is 58.9 Å². The molecule has 2 aromatic rings. The Bertz CT molecular complexity index is 763. The Hall–Kier alpha value is -2.18. The van der Waals surface area contributed by atoms with Gasteiger partial charge in [0.25, 0.3) is 0 Å². The van der Waals surface area contributed by atoms with Gasteiger partial charge in [0.1, 0.15) is 17.5 Å². The van der Waals surface area contributed by atoms with Crippen LogP contribution < -0.4 is 10.6 Å². The molecular weight excluding hydrogens is 304 g/mol. The molecule has 1 atom stereocenters. The quantitative estimate of drug-likeness (QED) is 0.929. The van der Waals surface area contributed by atoms with E-state index in [9.17, 15) is 4.79 Å². The van der Waals surface area contributed by atoms with Crippen molar-refractivity contribution in [2.24, 2.45) is 0 Å². The summed E-state index contributed by atoms with van der Waals surface area (Å²) in [5, 5.41) is 6.85. The third-order valence-corrected chi connectivity index (χ3v) is 4.59. The Kier molecular flexibility index (Phi) is 4.69. The lowest BCUT2D eigenvalue weighted by Crippen LogP contribution is -2.36. The van der Waals surface area contributed by atoms with Crippen LogP contribution in [0.15, 0.2) is 10.9 Å². The van der Waals surface area contributed by atoms with E-state index in [-0.39, 0.29) is 11.6 Å². The smallest absolute Gasteiger partial charge is 0.343 e. The molecule has 7 nitrogen and oxygen atoms in total. The average Bonchev–Trinajstić information content (AvgIpc) is 2.95. The number of aromatic nitrogens is 5. The fourth-order valence-electron chi connectivity index (χ4n) is 3.34. The van der Waals surface area contributed by atoms with Gasteiger partial charge in [-0.15, -0.1) is 0 Å². The number of hydrogen-bond acceptors (Lipinski definition) is 5. The third-order valence-electron chi connectivity index (χ3n) is 4.59. The summed E-state index contributed by atoms with van der Waals surface area (Å²) in [6.07, 6.45) is 2.11. The number of aromatic amines is 1. The first-order valence-electron chi connectivity index (χ1n) is 8.75. The number of H-pyrrole nitrogens is 1. The molecule has 3 heterocycles. The maximum Gasteiger partial charge on any atom is 0.343 e. The summed E-state index contributed by atoms with van der Waals surface area (Å²) in [6, 6.07) is 2.05. The van der Waals surface area contributed by atoms with Crippen LogP contribution >= 0.6 is 0 Å². The van der Waals surface area contributed by atoms with Crippen LogP contribution in [0.1, 0.15) is 62.8 Å². The second-order valence-corrected chi connectivity index (χ2v) is 6.80. The summed E-state index contributed by atoms with van der Waals surface area (Å²) in [7, 11) is 0. The van der Waals surface area contributed by atoms with Crippen LogP contribution in [0.25, 0.3) is 0 Å². The van der Waals surface area contributed by atoms with E-state index >= 15 is 0 Å². The normalized spacial score (nSPS) is 18.4. The van der Waals surface area contributed by atoms with E-state index in [0.29, 0.717) is 12.5 Å². The zero-order valence-corrected chi connectivity index (χ0v) is 14.9. The lowest BCUT2D eigenvalue weighted by molar-refractivity contribution is 0.468. The second kappa shape index (κ2) is 6.75. The third kappa shape index (κ3) is 3.20. The van der Waals surface area contributed by atoms with Crippen LogP contribution in [0.3, 0.4) is 0 Å². The predicted octanol–water partition coefficient (Wildman–Crippen LogP) is 2.20. The number of piperidine rings is 1. The fourth-order valence-corrected chi connectivity index (χ4v) is 3.34. The number of nitrogens with one attached hydrogen (secondary N) is 1. The van der Waals surface area contributed by atoms with Gasteiger partial charge < -0.3 is 4.90 Å². The molecule has 0 spiro atoms. The first-order valence-corrected chi connectivity index (χ1v) is 8.75. The van der Waals surface area contributed by atoms with Crippen molar-refractivity contribution >= 4 is 5.82 Å². The van der Waals surface area contributed by atoms with Gasteiger partial charge in [-0.3, -0.25) is 4.57 Å². The second-order valence-electron chi connectivity index (χ2n) is 6.80. The molecular formula is C17H26N6O. The molecule has 1 N–H and O–H groups in total. The topological polar surface area (TPSA) is 79.7 Å². The Balaban J connectivity index is 1.87. The van der Waals surface area contributed by atoms with Gasteiger partial charge >= 0.3 is 5.69 Å². The molecule has 1 saturated heterocycles. The number of anilines is 1. The van der Waals surface area contributed by atoms with Gasteiger partial charge in [0, 0.05) is 43.2 Å². The Morgan fingerprint density at radius 3 is 2.88 bits per heavy atom. The minimum absolute atomic E-state index is 0.121. The highest BCUT2D eigenvalue weighted by molar-refractivity contribution is 5.41. The summed E-state index contributed by atoms with van der Waals surface area (Å²) in [4.78, 5) is 23.4. The van der Waals surface area contributed by atoms with Crippen molar-refractivity contribution in [3.63, 3.8) is 0 Å². The van der Waals surface area contributed by atoms with Gasteiger partial charge in [0.2, 0.25) is 0 Å². The molecule has 130 valence electrons. The van der Waals surface area contributed by atoms with Crippen molar-refractivity contribution in [3.05, 3.63) is 33.9 Å². The highest BCUT2D eigenvalue weighted by Gasteiger charge is 2.27. The van der Waals surface area contributed by atoms with E-state index in [0.717, 1.165) is 49.1 Å². The Labute approximate surface area is 142 Å². The molecule has 0 aliphatic carbocycles. The summed E-state index contributed by atoms with van der Waals surface area (Å²) < 4.78 is 1.74. The van der Waals surface area contributed by atoms with E-state index in [2.05, 4.69) is 33.9 Å². The van der Waals surface area contributed by atoms with Crippen molar-refractivity contribution in [3.8, 4) is 0 Å². The van der Waals surface area contributed by atoms with Crippen LogP contribution in [0, 0.1) is 6.92 Å². The number of rotatable bonds is 4. The monoisotopic (exact) mass is 330 g/mol. The zero-order valence-electron chi connectivity index (χ0n) is 14.9. The molecule has 1 aliphatic heterocycles. The zero-order chi connectivity index (χ0) is 17.3. The van der Waals surface area contributed by atoms with E-state index in [4.69, 9.17) is 4.98 Å². The van der Waals surface area contributed by atoms with Gasteiger partial charge in [-0.1, -0.05) is 13.8 Å². The Morgan fingerprint density at radius 1 is 1.38 bits per heavy atom. The van der Waals surface area contributed by atoms with E-state index < -0.39 is 0 Å². The molecule has 0 radical (unpaired) electrons. The molecule has 0 bridgehead atoms. The van der Waals surface area contributed by atoms with Crippen molar-refractivity contribution in [2.75, 3.05) is 18.0 Å². The molecule has 0 amide bonds. The van der Waals surface area contributed by atoms with Crippen LogP contribution in [0.4, 0.5) is 5.82 Å². The highest BCUT2D eigenvalue weighted by Crippen LogP contribution is 2.28. The maximum absolute atomic E-state index is 11.8. The van der Waals surface area contributed by atoms with Gasteiger partial charge in [-0.25, -0.2) is 19.9 Å². The number of nitrogens with zero attached hydrogens (tertiary/aromatic N) is 5. The van der Waals surface area contributed by atoms with Crippen LogP contribution in [-0.4, -0.2) is 37.8 Å². The molecule has 2 aromatic heterocycles. The lowest BCUT2D eigenvalue weighted by atomic mass is 9.97. The van der Waals surface area contributed by atoms with Crippen molar-refractivity contribution in [1.29, 1.82) is 0 Å². The lowest BCUT2D eigenvalue weighted by Gasteiger charge is -2.33. The molecule has 24 heavy (non-hydrogen) atoms. The summed E-state index contributed by atoms with van der Waals surface area (Å²) in [5.74, 6) is 3.28. The molecule has 3 rings (SSSR count). The highest BCUT2D eigenvalue weighted by atomic mass is 16.1. The van der Waals surface area contributed by atoms with E-state index in [1.807, 2.05) is 19.9 Å². The van der Waals surface area contributed by atoms with Crippen LogP contribution in [0.2, 0.25) is 0 Å². The van der Waals surface area contributed by atoms with Crippen LogP contribution in [-0.2, 0) is 6.54 Å². The summed E-state index contributed by atoms with van der Waals surface area (Å²) in [6.45, 7) is 10.7. The molecule has 0 aromatic carbocycles. The van der Waals surface area contributed by atoms with Gasteiger partial charge in [0.05, 0.1) is 0 Å². The predicted molar refractivity (Wildman–Crippen MR) is 93.6 cm³/mol. The van der Waals surface area contributed by atoms with Crippen molar-refractivity contribution < 1.29 is 0 Å². The van der Waals surface area contributed by atoms with Crippen LogP contribution in [0.5, 0.6) is 0 Å². The molecule has 1 fully saturated rings. The van der Waals surface area contributed by atoms with Gasteiger partial charge in [-0.05, 0) is 26.7 Å². The summed E-state index contributed by atoms with van der Waals surface area (Å²) in [5.41, 5.74) is 0.876. The van der Waals surface area contributed by atoms with E-state index in [1.54, 1.807) is 4.57 Å². The first kappa shape index (κ1) is 16.7. The number of hydrogen-bond donors (Lipinski definition) is 1. The standard InChI is InChI=1S/C17H26N6O/c1-5-23-16(20-21-17(23)24)13-7-6-8-22(10-13)14-9-12(4)18-15(19-14)11(2)3/h9,11,13H,5-8,10H2,1-4H3,(H,21,24)/t13-/m0/s1. The largest absolute Gasteiger partial charge is 0.356 e. The summed E-state index contributed by atoms with van der Waals surface area (Å²) >= 11 is 0. The van der Waals surface area contributed by atoms with E-state index in [1.165, 1.54) is 0 Å². The van der Waals surface area contributed by atoms with Gasteiger partial charge in [0.15, 0.2) is 0 Å². The fraction of sp³-hybridized carbons (Fsp3) is 0.647. The SMILES string of the molecule is CCn1c([C@H]2CCCN(c3cc(C)nc(C(C)C)n3)C2)n[nH]c1=O. The average molecular weight is 330 g/mol. The minimum Gasteiger partial charge on any atom is -0.356 e.